The summed E-state index contributed by atoms with van der Waals surface area (Å²) in [4.78, 5) is 2.31. The van der Waals surface area contributed by atoms with Crippen molar-refractivity contribution in [3.05, 3.63) is 0 Å². The van der Waals surface area contributed by atoms with E-state index in [-0.39, 0.29) is 11.1 Å². The Hall–Kier alpha value is 0.230. The Morgan fingerprint density at radius 2 is 2.00 bits per heavy atom. The molecule has 0 bridgehead atoms. The minimum absolute atomic E-state index is 0.0538. The van der Waals surface area contributed by atoms with Crippen molar-refractivity contribution >= 4 is 12.8 Å². The molecule has 0 aliphatic carbocycles. The largest absolute Gasteiger partial charge is 0.371 e. The molecule has 2 atom stereocenters. The first-order valence-electron chi connectivity index (χ1n) is 4.77. The van der Waals surface area contributed by atoms with Crippen LogP contribution in [-0.2, 0) is 4.74 Å². The number of hydrogen-bond donors (Lipinski definition) is 1. The normalized spacial score (nSPS) is 48.0. The molecule has 2 heterocycles. The molecule has 0 amide bonds. The van der Waals surface area contributed by atoms with Gasteiger partial charge < -0.3 is 9.64 Å². The van der Waals surface area contributed by atoms with Crippen LogP contribution in [0.4, 0.5) is 0 Å². The van der Waals surface area contributed by atoms with Crippen LogP contribution in [-0.4, -0.2) is 53.6 Å². The van der Waals surface area contributed by atoms with Crippen LogP contribution in [0.3, 0.4) is 0 Å². The summed E-state index contributed by atoms with van der Waals surface area (Å²) in [6, 6.07) is 0. The molecule has 2 unspecified atom stereocenters. The highest BCUT2D eigenvalue weighted by molar-refractivity contribution is 7.77. The fourth-order valence-electron chi connectivity index (χ4n) is 2.59. The SMILES string of the molecule is CN1CC2(C)OCCN(S)C2(C)C1. The summed E-state index contributed by atoms with van der Waals surface area (Å²) in [5.74, 6) is 0. The van der Waals surface area contributed by atoms with Gasteiger partial charge in [0, 0.05) is 19.6 Å². The second-order valence-corrected chi connectivity index (χ2v) is 5.13. The van der Waals surface area contributed by atoms with Crippen LogP contribution < -0.4 is 0 Å². The molecule has 2 rings (SSSR count). The lowest BCUT2D eigenvalue weighted by molar-refractivity contribution is -0.125. The number of likely N-dealkylation sites (N-methyl/N-ethyl adjacent to an activating group) is 1. The summed E-state index contributed by atoms with van der Waals surface area (Å²) in [6.45, 7) is 8.18. The first-order chi connectivity index (χ1) is 5.98. The number of thiol groups is 1. The number of likely N-dealkylation sites (tertiary alicyclic amines) is 1. The first kappa shape index (κ1) is 9.77. The van der Waals surface area contributed by atoms with Crippen LogP contribution in [0.2, 0.25) is 0 Å². The second kappa shape index (κ2) is 2.86. The van der Waals surface area contributed by atoms with Crippen LogP contribution in [0.1, 0.15) is 13.8 Å². The van der Waals surface area contributed by atoms with Crippen molar-refractivity contribution < 1.29 is 4.74 Å². The van der Waals surface area contributed by atoms with Gasteiger partial charge in [0.2, 0.25) is 0 Å². The average molecular weight is 202 g/mol. The third-order valence-electron chi connectivity index (χ3n) is 3.58. The maximum atomic E-state index is 5.90. The van der Waals surface area contributed by atoms with E-state index in [2.05, 4.69) is 42.9 Å². The highest BCUT2D eigenvalue weighted by Crippen LogP contribution is 2.41. The molecular formula is C9H18N2OS. The van der Waals surface area contributed by atoms with Crippen LogP contribution >= 0.6 is 12.8 Å². The van der Waals surface area contributed by atoms with E-state index < -0.39 is 0 Å². The molecular weight excluding hydrogens is 184 g/mol. The predicted octanol–water partition coefficient (Wildman–Crippen LogP) is 0.626. The Kier molecular flexibility index (Phi) is 2.15. The molecule has 2 aliphatic heterocycles. The van der Waals surface area contributed by atoms with Crippen molar-refractivity contribution in [2.45, 2.75) is 25.0 Å². The van der Waals surface area contributed by atoms with Gasteiger partial charge in [0.1, 0.15) is 0 Å². The molecule has 0 aromatic heterocycles. The minimum Gasteiger partial charge on any atom is -0.371 e. The van der Waals surface area contributed by atoms with E-state index in [9.17, 15) is 0 Å². The third-order valence-corrected chi connectivity index (χ3v) is 4.22. The van der Waals surface area contributed by atoms with Gasteiger partial charge in [-0.1, -0.05) is 12.8 Å². The van der Waals surface area contributed by atoms with Crippen LogP contribution in [0.25, 0.3) is 0 Å². The second-order valence-electron chi connectivity index (χ2n) is 4.65. The van der Waals surface area contributed by atoms with Crippen molar-refractivity contribution in [2.75, 3.05) is 33.3 Å². The zero-order valence-electron chi connectivity index (χ0n) is 8.58. The quantitative estimate of drug-likeness (QED) is 0.580. The minimum atomic E-state index is -0.0538. The Morgan fingerprint density at radius 3 is 2.62 bits per heavy atom. The van der Waals surface area contributed by atoms with Crippen molar-refractivity contribution in [2.24, 2.45) is 0 Å². The molecule has 4 heteroatoms. The molecule has 0 N–H and O–H groups in total. The van der Waals surface area contributed by atoms with E-state index in [1.165, 1.54) is 0 Å². The average Bonchev–Trinajstić information content (AvgIpc) is 2.23. The van der Waals surface area contributed by atoms with Gasteiger partial charge in [-0.3, -0.25) is 0 Å². The predicted molar refractivity (Wildman–Crippen MR) is 56.0 cm³/mol. The lowest BCUT2D eigenvalue weighted by Gasteiger charge is -2.49. The van der Waals surface area contributed by atoms with Crippen LogP contribution in [0.15, 0.2) is 0 Å². The number of nitrogens with zero attached hydrogens (tertiary/aromatic N) is 2. The number of rotatable bonds is 0. The molecule has 2 saturated heterocycles. The van der Waals surface area contributed by atoms with E-state index >= 15 is 0 Å². The summed E-state index contributed by atoms with van der Waals surface area (Å²) in [5.41, 5.74) is 0.00482. The number of ether oxygens (including phenoxy) is 1. The Labute approximate surface area is 85.6 Å². The van der Waals surface area contributed by atoms with E-state index in [1.807, 2.05) is 0 Å². The van der Waals surface area contributed by atoms with Crippen molar-refractivity contribution in [1.82, 2.24) is 9.21 Å². The smallest absolute Gasteiger partial charge is 0.0982 e. The molecule has 0 saturated carbocycles. The van der Waals surface area contributed by atoms with Gasteiger partial charge in [0.25, 0.3) is 0 Å². The highest BCUT2D eigenvalue weighted by atomic mass is 32.1. The Morgan fingerprint density at radius 1 is 1.31 bits per heavy atom. The molecule has 0 radical (unpaired) electrons. The first-order valence-corrected chi connectivity index (χ1v) is 5.17. The van der Waals surface area contributed by atoms with Crippen molar-refractivity contribution in [3.8, 4) is 0 Å². The topological polar surface area (TPSA) is 15.7 Å². The summed E-state index contributed by atoms with van der Waals surface area (Å²) >= 11 is 4.54. The van der Waals surface area contributed by atoms with Gasteiger partial charge in [0.05, 0.1) is 17.7 Å². The van der Waals surface area contributed by atoms with Crippen LogP contribution in [0.5, 0.6) is 0 Å². The lowest BCUT2D eigenvalue weighted by Crippen LogP contribution is -2.63. The maximum Gasteiger partial charge on any atom is 0.0982 e. The molecule has 0 aromatic rings. The summed E-state index contributed by atoms with van der Waals surface area (Å²) in [7, 11) is 2.14. The third kappa shape index (κ3) is 1.23. The van der Waals surface area contributed by atoms with Crippen molar-refractivity contribution in [1.29, 1.82) is 0 Å². The lowest BCUT2D eigenvalue weighted by atomic mass is 9.84. The van der Waals surface area contributed by atoms with E-state index in [1.54, 1.807) is 0 Å². The molecule has 3 nitrogen and oxygen atoms in total. The fraction of sp³-hybridized carbons (Fsp3) is 1.00. The van der Waals surface area contributed by atoms with Gasteiger partial charge in [-0.05, 0) is 20.9 Å². The summed E-state index contributed by atoms with van der Waals surface area (Å²) in [6.07, 6.45) is 0. The number of fused-ring (bicyclic) bond motifs is 1. The molecule has 0 aromatic carbocycles. The molecule has 76 valence electrons. The maximum absolute atomic E-state index is 5.90. The fourth-order valence-corrected chi connectivity index (χ4v) is 2.95. The van der Waals surface area contributed by atoms with E-state index in [0.29, 0.717) is 0 Å². The molecule has 0 spiro atoms. The van der Waals surface area contributed by atoms with Gasteiger partial charge >= 0.3 is 0 Å². The standard InChI is InChI=1S/C9H18N2OS/c1-8-6-10(3)7-9(8,2)12-5-4-11(8)13/h13H,4-7H2,1-3H3. The van der Waals surface area contributed by atoms with Gasteiger partial charge in [-0.15, -0.1) is 0 Å². The van der Waals surface area contributed by atoms with E-state index in [0.717, 1.165) is 26.2 Å². The molecule has 2 aliphatic rings. The van der Waals surface area contributed by atoms with Crippen molar-refractivity contribution in [3.63, 3.8) is 0 Å². The number of morpholine rings is 1. The monoisotopic (exact) mass is 202 g/mol. The van der Waals surface area contributed by atoms with E-state index in [4.69, 9.17) is 4.74 Å². The van der Waals surface area contributed by atoms with Gasteiger partial charge in [-0.25, -0.2) is 4.31 Å². The van der Waals surface area contributed by atoms with Gasteiger partial charge in [-0.2, -0.15) is 0 Å². The van der Waals surface area contributed by atoms with Gasteiger partial charge in [0.15, 0.2) is 0 Å². The summed E-state index contributed by atoms with van der Waals surface area (Å²) < 4.78 is 8.04. The summed E-state index contributed by atoms with van der Waals surface area (Å²) in [5, 5.41) is 0. The molecule has 2 fully saturated rings. The Balaban J connectivity index is 2.31. The Bertz CT molecular complexity index is 226. The molecule has 13 heavy (non-hydrogen) atoms. The van der Waals surface area contributed by atoms with Crippen LogP contribution in [0, 0.1) is 0 Å². The number of hydrogen-bond acceptors (Lipinski definition) is 4. The highest BCUT2D eigenvalue weighted by Gasteiger charge is 2.56. The zero-order chi connectivity index (χ0) is 9.69. The zero-order valence-corrected chi connectivity index (χ0v) is 9.47.